The zero-order chi connectivity index (χ0) is 14.5. The van der Waals surface area contributed by atoms with Crippen molar-refractivity contribution in [1.29, 1.82) is 0 Å². The number of anilines is 1. The minimum atomic E-state index is -1.01. The molecule has 0 aliphatic carbocycles. The molecule has 4 heteroatoms. The lowest BCUT2D eigenvalue weighted by molar-refractivity contribution is 0.0690. The number of aromatic carboxylic acids is 1. The highest BCUT2D eigenvalue weighted by Gasteiger charge is 2.05. The summed E-state index contributed by atoms with van der Waals surface area (Å²) in [6, 6.07) is 13.2. The fourth-order valence-corrected chi connectivity index (χ4v) is 1.88. The quantitative estimate of drug-likeness (QED) is 0.872. The van der Waals surface area contributed by atoms with Crippen LogP contribution in [0.4, 0.5) is 5.69 Å². The van der Waals surface area contributed by atoms with E-state index < -0.39 is 5.97 Å². The average molecular weight is 270 g/mol. The monoisotopic (exact) mass is 270 g/mol. The molecule has 0 saturated heterocycles. The molecule has 0 spiro atoms. The van der Waals surface area contributed by atoms with Gasteiger partial charge in [-0.25, -0.2) is 9.78 Å². The molecular weight excluding hydrogens is 252 g/mol. The molecule has 2 N–H and O–H groups in total. The van der Waals surface area contributed by atoms with Gasteiger partial charge in [-0.2, -0.15) is 0 Å². The number of aromatic nitrogens is 1. The number of hydrogen-bond acceptors (Lipinski definition) is 3. The van der Waals surface area contributed by atoms with Gasteiger partial charge in [0.05, 0.1) is 12.2 Å². The van der Waals surface area contributed by atoms with Crippen LogP contribution >= 0.6 is 0 Å². The number of carbonyl (C=O) groups is 1. The lowest BCUT2D eigenvalue weighted by Gasteiger charge is -2.09. The van der Waals surface area contributed by atoms with Crippen LogP contribution in [0.2, 0.25) is 0 Å². The van der Waals surface area contributed by atoms with Gasteiger partial charge >= 0.3 is 5.97 Å². The van der Waals surface area contributed by atoms with E-state index in [9.17, 15) is 4.79 Å². The van der Waals surface area contributed by atoms with Gasteiger partial charge in [0, 0.05) is 5.69 Å². The Hall–Kier alpha value is -2.36. The summed E-state index contributed by atoms with van der Waals surface area (Å²) >= 11 is 0. The predicted octanol–water partition coefficient (Wildman–Crippen LogP) is 3.52. The van der Waals surface area contributed by atoms with Gasteiger partial charge in [0.25, 0.3) is 0 Å². The van der Waals surface area contributed by atoms with Crippen molar-refractivity contribution < 1.29 is 9.90 Å². The van der Waals surface area contributed by atoms with Gasteiger partial charge in [-0.05, 0) is 35.7 Å². The van der Waals surface area contributed by atoms with Crippen molar-refractivity contribution in [1.82, 2.24) is 4.98 Å². The summed E-state index contributed by atoms with van der Waals surface area (Å²) in [4.78, 5) is 14.9. The normalized spacial score (nSPS) is 10.6. The van der Waals surface area contributed by atoms with Crippen LogP contribution in [0, 0.1) is 0 Å². The molecule has 2 aromatic rings. The van der Waals surface area contributed by atoms with Crippen molar-refractivity contribution in [3.05, 3.63) is 59.4 Å². The Kier molecular flexibility index (Phi) is 4.35. The molecule has 20 heavy (non-hydrogen) atoms. The molecule has 0 atom stereocenters. The van der Waals surface area contributed by atoms with Crippen molar-refractivity contribution in [2.24, 2.45) is 0 Å². The number of carboxylic acids is 1. The Morgan fingerprint density at radius 3 is 2.50 bits per heavy atom. The van der Waals surface area contributed by atoms with Crippen molar-refractivity contribution in [3.8, 4) is 0 Å². The Morgan fingerprint density at radius 2 is 1.90 bits per heavy atom. The molecule has 0 fully saturated rings. The van der Waals surface area contributed by atoms with E-state index in [1.165, 1.54) is 11.6 Å². The topological polar surface area (TPSA) is 62.2 Å². The Morgan fingerprint density at radius 1 is 1.20 bits per heavy atom. The van der Waals surface area contributed by atoms with Crippen molar-refractivity contribution in [2.45, 2.75) is 26.3 Å². The standard InChI is InChI=1S/C16H18N2O2/c1-11(2)12-6-8-13(9-7-12)17-10-14-4-3-5-15(18-14)16(19)20/h3-9,11,17H,10H2,1-2H3,(H,19,20). The van der Waals surface area contributed by atoms with Crippen LogP contribution in [0.3, 0.4) is 0 Å². The maximum atomic E-state index is 10.8. The minimum absolute atomic E-state index is 0.0689. The molecule has 4 nitrogen and oxygen atoms in total. The van der Waals surface area contributed by atoms with Crippen LogP contribution in [0.5, 0.6) is 0 Å². The van der Waals surface area contributed by atoms with Gasteiger partial charge in [0.1, 0.15) is 5.69 Å². The molecule has 1 aromatic heterocycles. The Bertz CT molecular complexity index is 592. The summed E-state index contributed by atoms with van der Waals surface area (Å²) in [7, 11) is 0. The van der Waals surface area contributed by atoms with E-state index in [1.54, 1.807) is 6.07 Å². The first-order valence-corrected chi connectivity index (χ1v) is 6.59. The second kappa shape index (κ2) is 6.19. The van der Waals surface area contributed by atoms with Crippen molar-refractivity contribution in [2.75, 3.05) is 5.32 Å². The highest BCUT2D eigenvalue weighted by atomic mass is 16.4. The number of hydrogen-bond donors (Lipinski definition) is 2. The third-order valence-electron chi connectivity index (χ3n) is 3.08. The number of nitrogens with one attached hydrogen (secondary N) is 1. The summed E-state index contributed by atoms with van der Waals surface area (Å²) in [5.74, 6) is -0.494. The molecular formula is C16H18N2O2. The summed E-state index contributed by atoms with van der Waals surface area (Å²) in [5.41, 5.74) is 3.07. The molecule has 0 radical (unpaired) electrons. The highest BCUT2D eigenvalue weighted by Crippen LogP contribution is 2.17. The van der Waals surface area contributed by atoms with E-state index in [0.29, 0.717) is 18.2 Å². The highest BCUT2D eigenvalue weighted by molar-refractivity contribution is 5.85. The molecule has 0 bridgehead atoms. The third kappa shape index (κ3) is 3.57. The van der Waals surface area contributed by atoms with E-state index in [1.807, 2.05) is 18.2 Å². The summed E-state index contributed by atoms with van der Waals surface area (Å²) in [5, 5.41) is 12.1. The summed E-state index contributed by atoms with van der Waals surface area (Å²) in [6.45, 7) is 4.82. The van der Waals surface area contributed by atoms with Crippen LogP contribution in [0.25, 0.3) is 0 Å². The van der Waals surface area contributed by atoms with Crippen LogP contribution in [-0.4, -0.2) is 16.1 Å². The second-order valence-corrected chi connectivity index (χ2v) is 4.95. The smallest absolute Gasteiger partial charge is 0.354 e. The lowest BCUT2D eigenvalue weighted by Crippen LogP contribution is -2.06. The van der Waals surface area contributed by atoms with E-state index in [0.717, 1.165) is 5.69 Å². The molecule has 0 unspecified atom stereocenters. The first-order valence-electron chi connectivity index (χ1n) is 6.59. The van der Waals surface area contributed by atoms with E-state index in [-0.39, 0.29) is 5.69 Å². The number of nitrogens with zero attached hydrogens (tertiary/aromatic N) is 1. The lowest BCUT2D eigenvalue weighted by atomic mass is 10.0. The largest absolute Gasteiger partial charge is 0.477 e. The van der Waals surface area contributed by atoms with Gasteiger partial charge in [-0.15, -0.1) is 0 Å². The SMILES string of the molecule is CC(C)c1ccc(NCc2cccc(C(=O)O)n2)cc1. The third-order valence-corrected chi connectivity index (χ3v) is 3.08. The van der Waals surface area contributed by atoms with Crippen molar-refractivity contribution >= 4 is 11.7 Å². The van der Waals surface area contributed by atoms with E-state index >= 15 is 0 Å². The Balaban J connectivity index is 2.01. The number of pyridine rings is 1. The molecule has 1 heterocycles. The molecule has 1 aromatic carbocycles. The fraction of sp³-hybridized carbons (Fsp3) is 0.250. The zero-order valence-corrected chi connectivity index (χ0v) is 11.6. The maximum absolute atomic E-state index is 10.8. The molecule has 0 aliphatic heterocycles. The molecule has 0 aliphatic rings. The van der Waals surface area contributed by atoms with Gasteiger partial charge in [-0.3, -0.25) is 0 Å². The molecule has 0 amide bonds. The van der Waals surface area contributed by atoms with Gasteiger partial charge in [-0.1, -0.05) is 32.0 Å². The average Bonchev–Trinajstić information content (AvgIpc) is 2.46. The first kappa shape index (κ1) is 14.1. The second-order valence-electron chi connectivity index (χ2n) is 4.95. The van der Waals surface area contributed by atoms with E-state index in [4.69, 9.17) is 5.11 Å². The summed E-state index contributed by atoms with van der Waals surface area (Å²) in [6.07, 6.45) is 0. The fourth-order valence-electron chi connectivity index (χ4n) is 1.88. The van der Waals surface area contributed by atoms with Crippen LogP contribution < -0.4 is 5.32 Å². The van der Waals surface area contributed by atoms with Gasteiger partial charge in [0.15, 0.2) is 0 Å². The molecule has 0 saturated carbocycles. The first-order chi connectivity index (χ1) is 9.56. The van der Waals surface area contributed by atoms with Crippen molar-refractivity contribution in [3.63, 3.8) is 0 Å². The van der Waals surface area contributed by atoms with Crippen LogP contribution in [0.15, 0.2) is 42.5 Å². The maximum Gasteiger partial charge on any atom is 0.354 e. The molecule has 104 valence electrons. The van der Waals surface area contributed by atoms with Gasteiger partial charge < -0.3 is 10.4 Å². The number of rotatable bonds is 5. The molecule has 2 rings (SSSR count). The predicted molar refractivity (Wildman–Crippen MR) is 79.1 cm³/mol. The van der Waals surface area contributed by atoms with Crippen LogP contribution in [0.1, 0.15) is 41.5 Å². The minimum Gasteiger partial charge on any atom is -0.477 e. The Labute approximate surface area is 118 Å². The van der Waals surface area contributed by atoms with Crippen LogP contribution in [-0.2, 0) is 6.54 Å². The van der Waals surface area contributed by atoms with Gasteiger partial charge in [0.2, 0.25) is 0 Å². The summed E-state index contributed by atoms with van der Waals surface area (Å²) < 4.78 is 0. The van der Waals surface area contributed by atoms with E-state index in [2.05, 4.69) is 36.3 Å². The zero-order valence-electron chi connectivity index (χ0n) is 11.6. The number of benzene rings is 1. The number of carboxylic acid groups (broad SMARTS) is 1.